The van der Waals surface area contributed by atoms with Crippen LogP contribution < -0.4 is 5.32 Å². The monoisotopic (exact) mass is 400 g/mol. The number of hydrogen-bond donors (Lipinski definition) is 1. The first-order chi connectivity index (χ1) is 13.1. The van der Waals surface area contributed by atoms with Crippen LogP contribution in [-0.4, -0.2) is 29.8 Å². The maximum atomic E-state index is 13.5. The third-order valence-corrected chi connectivity index (χ3v) is 3.48. The quantitative estimate of drug-likeness (QED) is 0.251. The van der Waals surface area contributed by atoms with Gasteiger partial charge in [-0.05, 0) is 24.3 Å². The number of ketones is 1. The van der Waals surface area contributed by atoms with Crippen molar-refractivity contribution in [1.29, 1.82) is 0 Å². The van der Waals surface area contributed by atoms with Gasteiger partial charge in [0.05, 0.1) is 16.1 Å². The molecule has 0 bridgehead atoms. The summed E-state index contributed by atoms with van der Waals surface area (Å²) in [6.45, 7) is -1.42. The normalized spacial score (nSPS) is 11.0. The molecular formula is C17H12F4N2O5. The molecule has 0 saturated heterocycles. The molecule has 1 N–H and O–H groups in total. The number of benzene rings is 2. The first kappa shape index (κ1) is 20.8. The number of halogens is 4. The number of rotatable bonds is 7. The summed E-state index contributed by atoms with van der Waals surface area (Å²) in [5.41, 5.74) is -2.72. The molecule has 0 unspecified atom stereocenters. The molecule has 7 nitrogen and oxygen atoms in total. The fraction of sp³-hybridized carbons (Fsp3) is 0.176. The summed E-state index contributed by atoms with van der Waals surface area (Å²) in [7, 11) is 0. The number of nitrogens with zero attached hydrogens (tertiary/aromatic N) is 1. The van der Waals surface area contributed by atoms with Gasteiger partial charge in [0.15, 0.2) is 6.61 Å². The predicted octanol–water partition coefficient (Wildman–Crippen LogP) is 3.59. The van der Waals surface area contributed by atoms with Crippen molar-refractivity contribution in [2.45, 2.75) is 6.18 Å². The largest absolute Gasteiger partial charge is 0.456 e. The number of alkyl halides is 3. The van der Waals surface area contributed by atoms with Gasteiger partial charge in [-0.15, -0.1) is 0 Å². The Hall–Kier alpha value is -3.50. The number of carbonyl (C=O) groups excluding carboxylic acids is 2. The van der Waals surface area contributed by atoms with Gasteiger partial charge in [-0.2, -0.15) is 13.2 Å². The first-order valence-corrected chi connectivity index (χ1v) is 7.62. The van der Waals surface area contributed by atoms with Crippen LogP contribution in [0, 0.1) is 15.9 Å². The molecule has 0 saturated carbocycles. The van der Waals surface area contributed by atoms with Gasteiger partial charge in [-0.25, -0.2) is 4.39 Å². The van der Waals surface area contributed by atoms with Gasteiger partial charge in [0.25, 0.3) is 5.69 Å². The fourth-order valence-corrected chi connectivity index (χ4v) is 2.14. The topological polar surface area (TPSA) is 98.5 Å². The first-order valence-electron chi connectivity index (χ1n) is 7.62. The lowest BCUT2D eigenvalue weighted by Gasteiger charge is -2.10. The Kier molecular flexibility index (Phi) is 6.29. The Morgan fingerprint density at radius 3 is 2.43 bits per heavy atom. The molecule has 0 atom stereocenters. The standard InChI is InChI=1S/C17H12F4N2O5/c18-12-4-2-1-3-11(12)15(24)9-28-16(25)8-22-13-6-5-10(17(19,20)21)7-14(13)23(26)27/h1-7,22H,8-9H2. The number of hydrogen-bond acceptors (Lipinski definition) is 6. The highest BCUT2D eigenvalue weighted by molar-refractivity contribution is 5.98. The number of carbonyl (C=O) groups is 2. The van der Waals surface area contributed by atoms with Gasteiger partial charge in [0, 0.05) is 6.07 Å². The van der Waals surface area contributed by atoms with E-state index in [4.69, 9.17) is 0 Å². The molecule has 0 aliphatic carbocycles. The van der Waals surface area contributed by atoms with Crippen LogP contribution in [0.25, 0.3) is 0 Å². The SMILES string of the molecule is O=C(CNc1ccc(C(F)(F)F)cc1[N+](=O)[O-])OCC(=O)c1ccccc1F. The van der Waals surface area contributed by atoms with Crippen molar-refractivity contribution in [2.24, 2.45) is 0 Å². The van der Waals surface area contributed by atoms with Crippen LogP contribution in [0.3, 0.4) is 0 Å². The summed E-state index contributed by atoms with van der Waals surface area (Å²) in [6.07, 6.45) is -4.77. The zero-order valence-corrected chi connectivity index (χ0v) is 14.0. The summed E-state index contributed by atoms with van der Waals surface area (Å²) < 4.78 is 56.0. The number of anilines is 1. The van der Waals surface area contributed by atoms with E-state index in [0.29, 0.717) is 12.1 Å². The van der Waals surface area contributed by atoms with Crippen molar-refractivity contribution in [2.75, 3.05) is 18.5 Å². The van der Waals surface area contributed by atoms with Crippen LogP contribution in [0.2, 0.25) is 0 Å². The molecule has 0 fully saturated rings. The number of Topliss-reactive ketones (excluding diaryl/α,β-unsaturated/α-hetero) is 1. The smallest absolute Gasteiger partial charge is 0.416 e. The van der Waals surface area contributed by atoms with Crippen LogP contribution >= 0.6 is 0 Å². The number of nitrogens with one attached hydrogen (secondary N) is 1. The summed E-state index contributed by atoms with van der Waals surface area (Å²) in [4.78, 5) is 33.4. The molecule has 28 heavy (non-hydrogen) atoms. The molecule has 2 rings (SSSR count). The minimum Gasteiger partial charge on any atom is -0.456 e. The Bertz CT molecular complexity index is 915. The fourth-order valence-electron chi connectivity index (χ4n) is 2.14. The van der Waals surface area contributed by atoms with E-state index in [1.807, 2.05) is 0 Å². The van der Waals surface area contributed by atoms with Gasteiger partial charge in [0.1, 0.15) is 18.0 Å². The highest BCUT2D eigenvalue weighted by Crippen LogP contribution is 2.34. The van der Waals surface area contributed by atoms with E-state index in [1.165, 1.54) is 18.2 Å². The highest BCUT2D eigenvalue weighted by atomic mass is 19.4. The van der Waals surface area contributed by atoms with E-state index in [0.717, 1.165) is 12.1 Å². The summed E-state index contributed by atoms with van der Waals surface area (Å²) in [5.74, 6) is -2.60. The van der Waals surface area contributed by atoms with Crippen molar-refractivity contribution < 1.29 is 36.8 Å². The van der Waals surface area contributed by atoms with Gasteiger partial charge < -0.3 is 10.1 Å². The van der Waals surface area contributed by atoms with E-state index >= 15 is 0 Å². The lowest BCUT2D eigenvalue weighted by Crippen LogP contribution is -2.21. The van der Waals surface area contributed by atoms with Crippen LogP contribution in [-0.2, 0) is 15.7 Å². The van der Waals surface area contributed by atoms with Crippen LogP contribution in [0.5, 0.6) is 0 Å². The molecule has 0 spiro atoms. The molecule has 11 heteroatoms. The van der Waals surface area contributed by atoms with Crippen molar-refractivity contribution >= 4 is 23.1 Å². The molecule has 2 aromatic carbocycles. The molecule has 0 aliphatic heterocycles. The minimum absolute atomic E-state index is 0.276. The predicted molar refractivity (Wildman–Crippen MR) is 88.3 cm³/mol. The Morgan fingerprint density at radius 1 is 1.14 bits per heavy atom. The number of ether oxygens (including phenoxy) is 1. The second-order valence-electron chi connectivity index (χ2n) is 5.40. The maximum absolute atomic E-state index is 13.5. The number of nitro benzene ring substituents is 1. The molecular weight excluding hydrogens is 388 g/mol. The van der Waals surface area contributed by atoms with Crippen LogP contribution in [0.4, 0.5) is 28.9 Å². The molecule has 0 radical (unpaired) electrons. The molecule has 0 amide bonds. The van der Waals surface area contributed by atoms with Crippen molar-refractivity contribution in [3.63, 3.8) is 0 Å². The van der Waals surface area contributed by atoms with Crippen molar-refractivity contribution in [3.8, 4) is 0 Å². The van der Waals surface area contributed by atoms with E-state index in [9.17, 15) is 37.3 Å². The molecule has 0 aromatic heterocycles. The summed E-state index contributed by atoms with van der Waals surface area (Å²) in [5, 5.41) is 13.2. The average molecular weight is 400 g/mol. The second kappa shape index (κ2) is 8.46. The number of esters is 1. The van der Waals surface area contributed by atoms with Gasteiger partial charge in [-0.1, -0.05) is 12.1 Å². The summed E-state index contributed by atoms with van der Waals surface area (Å²) in [6, 6.07) is 6.80. The molecule has 0 heterocycles. The van der Waals surface area contributed by atoms with Crippen molar-refractivity contribution in [3.05, 3.63) is 69.5 Å². The number of nitro groups is 1. The molecule has 148 valence electrons. The Balaban J connectivity index is 1.98. The van der Waals surface area contributed by atoms with Gasteiger partial charge in [-0.3, -0.25) is 19.7 Å². The molecule has 0 aliphatic rings. The van der Waals surface area contributed by atoms with Gasteiger partial charge >= 0.3 is 12.1 Å². The van der Waals surface area contributed by atoms with E-state index in [1.54, 1.807) is 0 Å². The minimum atomic E-state index is -4.77. The van der Waals surface area contributed by atoms with Crippen LogP contribution in [0.15, 0.2) is 42.5 Å². The van der Waals surface area contributed by atoms with Crippen molar-refractivity contribution in [1.82, 2.24) is 0 Å². The van der Waals surface area contributed by atoms with E-state index < -0.39 is 53.1 Å². The lowest BCUT2D eigenvalue weighted by atomic mass is 10.1. The lowest BCUT2D eigenvalue weighted by molar-refractivity contribution is -0.384. The molecule has 2 aromatic rings. The van der Waals surface area contributed by atoms with E-state index in [2.05, 4.69) is 10.1 Å². The zero-order chi connectivity index (χ0) is 20.9. The third-order valence-electron chi connectivity index (χ3n) is 3.48. The summed E-state index contributed by atoms with van der Waals surface area (Å²) >= 11 is 0. The van der Waals surface area contributed by atoms with E-state index in [-0.39, 0.29) is 11.3 Å². The van der Waals surface area contributed by atoms with Crippen LogP contribution in [0.1, 0.15) is 15.9 Å². The Labute approximate surface area is 155 Å². The second-order valence-corrected chi connectivity index (χ2v) is 5.40. The van der Waals surface area contributed by atoms with Gasteiger partial charge in [0.2, 0.25) is 5.78 Å². The average Bonchev–Trinajstić information content (AvgIpc) is 2.63. The third kappa shape index (κ3) is 5.25. The Morgan fingerprint density at radius 2 is 1.82 bits per heavy atom. The zero-order valence-electron chi connectivity index (χ0n) is 14.0. The maximum Gasteiger partial charge on any atom is 0.416 e. The highest BCUT2D eigenvalue weighted by Gasteiger charge is 2.33.